The number of benzene rings is 1. The zero-order valence-corrected chi connectivity index (χ0v) is 19.7. The molecular weight excluding hydrogens is 511 g/mol. The van der Waals surface area contributed by atoms with Crippen LogP contribution in [0.5, 0.6) is 0 Å². The van der Waals surface area contributed by atoms with E-state index in [1.165, 1.54) is 30.3 Å². The van der Waals surface area contributed by atoms with Gasteiger partial charge in [-0.3, -0.25) is 19.5 Å². The van der Waals surface area contributed by atoms with E-state index in [-0.39, 0.29) is 41.9 Å². The van der Waals surface area contributed by atoms with E-state index in [0.29, 0.717) is 11.0 Å². The Bertz CT molecular complexity index is 1530. The molecule has 11 nitrogen and oxygen atoms in total. The van der Waals surface area contributed by atoms with Gasteiger partial charge in [0.2, 0.25) is 5.88 Å². The van der Waals surface area contributed by atoms with Gasteiger partial charge in [0.05, 0.1) is 18.5 Å². The number of aliphatic hydroxyl groups is 1. The molecule has 0 bridgehead atoms. The fraction of sp³-hybridized carbons (Fsp3) is 0.250. The van der Waals surface area contributed by atoms with E-state index in [1.807, 2.05) is 0 Å². The van der Waals surface area contributed by atoms with Crippen LogP contribution in [0.2, 0.25) is 0 Å². The number of fused-ring (bicyclic) bond motifs is 1. The van der Waals surface area contributed by atoms with Crippen LogP contribution >= 0.6 is 0 Å². The number of rotatable bonds is 5. The van der Waals surface area contributed by atoms with E-state index in [0.717, 1.165) is 24.1 Å². The summed E-state index contributed by atoms with van der Waals surface area (Å²) < 4.78 is 55.3. The first-order valence-electron chi connectivity index (χ1n) is 11.2. The second-order valence-electron chi connectivity index (χ2n) is 8.69. The molecule has 0 saturated carbocycles. The van der Waals surface area contributed by atoms with Gasteiger partial charge in [-0.25, -0.2) is 0 Å². The van der Waals surface area contributed by atoms with Gasteiger partial charge in [-0.1, -0.05) is 5.16 Å². The van der Waals surface area contributed by atoms with E-state index >= 15 is 0 Å². The van der Waals surface area contributed by atoms with Gasteiger partial charge in [-0.15, -0.1) is 0 Å². The van der Waals surface area contributed by atoms with Crippen molar-refractivity contribution in [1.29, 1.82) is 0 Å². The van der Waals surface area contributed by atoms with Crippen molar-refractivity contribution in [3.05, 3.63) is 54.4 Å². The molecule has 4 aromatic rings. The molecule has 14 heteroatoms. The number of anilines is 3. The lowest BCUT2D eigenvalue weighted by atomic mass is 9.95. The Morgan fingerprint density at radius 2 is 2.00 bits per heavy atom. The largest absolute Gasteiger partial charge is 0.440 e. The normalized spacial score (nSPS) is 18.0. The minimum atomic E-state index is -4.64. The minimum Gasteiger partial charge on any atom is -0.440 e. The summed E-state index contributed by atoms with van der Waals surface area (Å²) >= 11 is 0. The molecular formula is C24H20F3N5O6. The quantitative estimate of drug-likeness (QED) is 0.352. The number of pyridine rings is 1. The van der Waals surface area contributed by atoms with E-state index in [9.17, 15) is 27.9 Å². The van der Waals surface area contributed by atoms with Gasteiger partial charge in [-0.05, 0) is 37.3 Å². The molecule has 1 aromatic carbocycles. The average Bonchev–Trinajstić information content (AvgIpc) is 3.51. The summed E-state index contributed by atoms with van der Waals surface area (Å²) in [5.74, 6) is -1.45. The average molecular weight is 531 g/mol. The van der Waals surface area contributed by atoms with Crippen LogP contribution in [-0.4, -0.2) is 51.9 Å². The molecule has 0 unspecified atom stereocenters. The lowest BCUT2D eigenvalue weighted by Gasteiger charge is -2.37. The molecule has 2 amide bonds. The minimum absolute atomic E-state index is 0.00763. The van der Waals surface area contributed by atoms with Crippen LogP contribution in [0.1, 0.15) is 12.6 Å². The molecule has 5 rings (SSSR count). The molecule has 4 N–H and O–H groups in total. The highest BCUT2D eigenvalue weighted by atomic mass is 19.4. The van der Waals surface area contributed by atoms with Crippen molar-refractivity contribution in [2.45, 2.75) is 24.8 Å². The monoisotopic (exact) mass is 531 g/mol. The first-order valence-corrected chi connectivity index (χ1v) is 11.2. The van der Waals surface area contributed by atoms with Gasteiger partial charge < -0.3 is 29.8 Å². The Morgan fingerprint density at radius 3 is 2.76 bits per heavy atom. The smallest absolute Gasteiger partial charge is 0.433 e. The number of amides is 2. The number of nitrogens with two attached hydrogens (primary N) is 1. The first kappa shape index (κ1) is 25.2. The second-order valence-corrected chi connectivity index (χ2v) is 8.69. The molecule has 1 aliphatic heterocycles. The highest BCUT2D eigenvalue weighted by molar-refractivity contribution is 6.06. The third-order valence-electron chi connectivity index (χ3n) is 6.01. The van der Waals surface area contributed by atoms with Crippen molar-refractivity contribution >= 4 is 40.2 Å². The summed E-state index contributed by atoms with van der Waals surface area (Å²) in [6.45, 7) is 1.10. The maximum Gasteiger partial charge on any atom is 0.433 e. The second kappa shape index (κ2) is 9.15. The molecule has 4 heterocycles. The zero-order valence-electron chi connectivity index (χ0n) is 19.7. The van der Waals surface area contributed by atoms with Crippen LogP contribution in [0.25, 0.3) is 22.3 Å². The Labute approximate surface area is 211 Å². The van der Waals surface area contributed by atoms with Crippen molar-refractivity contribution in [3.63, 3.8) is 0 Å². The summed E-state index contributed by atoms with van der Waals surface area (Å²) in [4.78, 5) is 30.7. The number of nitrogens with zero attached hydrogens (tertiary/aromatic N) is 3. The molecule has 198 valence electrons. The maximum absolute atomic E-state index is 13.2. The highest BCUT2D eigenvalue weighted by Crippen LogP contribution is 2.34. The predicted octanol–water partition coefficient (Wildman–Crippen LogP) is 3.21. The van der Waals surface area contributed by atoms with E-state index in [2.05, 4.69) is 15.5 Å². The molecule has 38 heavy (non-hydrogen) atoms. The SMILES string of the molecule is C[C@](O)(C(=O)Nc1ccc2c(N)noc2c1)[C@H]1OCCN(c2ccc(-c3ccnc(C(F)(F)F)c3)o2)C1=O. The molecule has 1 aliphatic rings. The summed E-state index contributed by atoms with van der Waals surface area (Å²) in [6, 6.07) is 9.51. The standard InChI is InChI=1S/C24H20F3N5O6/c1-23(35,22(34)30-13-2-3-14-16(11-13)38-31-20(14)28)19-21(33)32(8-9-36-19)18-5-4-15(37-18)12-6-7-29-17(10-12)24(25,26)27/h2-7,10-11,19,35H,8-9H2,1H3,(H2,28,31)(H,30,34)/t19-,23+/m0/s1. The first-order chi connectivity index (χ1) is 17.9. The van der Waals surface area contributed by atoms with Gasteiger partial charge in [0.25, 0.3) is 11.8 Å². The van der Waals surface area contributed by atoms with Crippen LogP contribution in [0, 0.1) is 0 Å². The van der Waals surface area contributed by atoms with Gasteiger partial charge in [-0.2, -0.15) is 13.2 Å². The van der Waals surface area contributed by atoms with E-state index in [1.54, 1.807) is 6.07 Å². The number of alkyl halides is 3. The number of aromatic nitrogens is 2. The summed E-state index contributed by atoms with van der Waals surface area (Å²) in [5, 5.41) is 17.7. The summed E-state index contributed by atoms with van der Waals surface area (Å²) in [6.07, 6.45) is -5.24. The van der Waals surface area contributed by atoms with Crippen molar-refractivity contribution in [1.82, 2.24) is 10.1 Å². The number of nitrogens with one attached hydrogen (secondary N) is 1. The van der Waals surface area contributed by atoms with Crippen LogP contribution < -0.4 is 16.0 Å². The van der Waals surface area contributed by atoms with Gasteiger partial charge >= 0.3 is 6.18 Å². The summed E-state index contributed by atoms with van der Waals surface area (Å²) in [5.41, 5.74) is 2.94. The Kier molecular flexibility index (Phi) is 6.07. The Hall–Kier alpha value is -4.43. The van der Waals surface area contributed by atoms with Gasteiger partial charge in [0.15, 0.2) is 23.1 Å². The number of hydrogen-bond acceptors (Lipinski definition) is 9. The number of hydrogen-bond donors (Lipinski definition) is 3. The van der Waals surface area contributed by atoms with Gasteiger partial charge in [0, 0.05) is 29.6 Å². The molecule has 2 atom stereocenters. The van der Waals surface area contributed by atoms with E-state index in [4.69, 9.17) is 19.4 Å². The molecule has 1 saturated heterocycles. The van der Waals surface area contributed by atoms with Crippen LogP contribution in [0.3, 0.4) is 0 Å². The Morgan fingerprint density at radius 1 is 1.21 bits per heavy atom. The number of halogens is 3. The van der Waals surface area contributed by atoms with Crippen molar-refractivity contribution in [3.8, 4) is 11.3 Å². The van der Waals surface area contributed by atoms with Crippen molar-refractivity contribution in [2.24, 2.45) is 0 Å². The highest BCUT2D eigenvalue weighted by Gasteiger charge is 2.49. The fourth-order valence-corrected chi connectivity index (χ4v) is 3.98. The van der Waals surface area contributed by atoms with Gasteiger partial charge in [0.1, 0.15) is 11.5 Å². The number of carbonyl (C=O) groups is 2. The number of carbonyl (C=O) groups excluding carboxylic acids is 2. The predicted molar refractivity (Wildman–Crippen MR) is 127 cm³/mol. The third-order valence-corrected chi connectivity index (χ3v) is 6.01. The maximum atomic E-state index is 13.2. The molecule has 1 fully saturated rings. The van der Waals surface area contributed by atoms with Crippen LogP contribution in [0.15, 0.2) is 57.6 Å². The molecule has 3 aromatic heterocycles. The number of ether oxygens (including phenoxy) is 1. The Balaban J connectivity index is 1.34. The molecule has 0 spiro atoms. The van der Waals surface area contributed by atoms with Crippen molar-refractivity contribution in [2.75, 3.05) is 29.1 Å². The number of morpholine rings is 1. The lowest BCUT2D eigenvalue weighted by Crippen LogP contribution is -2.61. The third kappa shape index (κ3) is 4.54. The fourth-order valence-electron chi connectivity index (χ4n) is 3.98. The van der Waals surface area contributed by atoms with Crippen LogP contribution in [-0.2, 0) is 20.5 Å². The molecule has 0 aliphatic carbocycles. The summed E-state index contributed by atoms with van der Waals surface area (Å²) in [7, 11) is 0. The van der Waals surface area contributed by atoms with Crippen molar-refractivity contribution < 1.29 is 41.5 Å². The molecule has 0 radical (unpaired) electrons. The topological polar surface area (TPSA) is 157 Å². The van der Waals surface area contributed by atoms with E-state index < -0.39 is 35.4 Å². The number of furan rings is 1. The number of nitrogen functional groups attached to an aromatic ring is 1. The zero-order chi connectivity index (χ0) is 27.2. The lowest BCUT2D eigenvalue weighted by molar-refractivity contribution is -0.165. The van der Waals surface area contributed by atoms with Crippen LogP contribution in [0.4, 0.5) is 30.6 Å².